The molecule has 17 heavy (non-hydrogen) atoms. The second-order valence-corrected chi connectivity index (χ2v) is 4.62. The van der Waals surface area contributed by atoms with Crippen LogP contribution in [0.25, 0.3) is 0 Å². The van der Waals surface area contributed by atoms with Crippen LogP contribution in [0.15, 0.2) is 63.8 Å². The molecule has 1 aromatic rings. The lowest BCUT2D eigenvalue weighted by atomic mass is 10.0. The molecule has 1 aromatic carbocycles. The van der Waals surface area contributed by atoms with E-state index < -0.39 is 0 Å². The lowest BCUT2D eigenvalue weighted by molar-refractivity contribution is 0.103. The summed E-state index contributed by atoms with van der Waals surface area (Å²) < 4.78 is 0.956. The summed E-state index contributed by atoms with van der Waals surface area (Å²) in [7, 11) is 0. The Labute approximate surface area is 116 Å². The van der Waals surface area contributed by atoms with Gasteiger partial charge in [0, 0.05) is 14.7 Å². The Morgan fingerprint density at radius 3 is 2.18 bits per heavy atom. The molecule has 0 radical (unpaired) electrons. The van der Waals surface area contributed by atoms with Crippen LogP contribution in [-0.4, -0.2) is 5.78 Å². The van der Waals surface area contributed by atoms with Crippen LogP contribution in [0.5, 0.6) is 0 Å². The zero-order chi connectivity index (χ0) is 12.7. The number of halogens is 1. The van der Waals surface area contributed by atoms with E-state index in [1.165, 1.54) is 0 Å². The highest BCUT2D eigenvalue weighted by atomic mass is 127. The molecular weight excluding hydrogens is 323 g/mol. The molecule has 0 spiro atoms. The van der Waals surface area contributed by atoms with Gasteiger partial charge in [-0.3, -0.25) is 4.79 Å². The van der Waals surface area contributed by atoms with Crippen LogP contribution in [0.2, 0.25) is 0 Å². The molecule has 0 heterocycles. The van der Waals surface area contributed by atoms with Crippen molar-refractivity contribution in [3.05, 3.63) is 69.4 Å². The maximum Gasteiger partial charge on any atom is 0.194 e. The second kappa shape index (κ2) is 7.22. The minimum absolute atomic E-state index is 0.0613. The topological polar surface area (TPSA) is 17.1 Å². The summed E-state index contributed by atoms with van der Waals surface area (Å²) in [5, 5.41) is 0. The van der Waals surface area contributed by atoms with Crippen LogP contribution in [0.3, 0.4) is 0 Å². The average molecular weight is 338 g/mol. The van der Waals surface area contributed by atoms with Crippen LogP contribution >= 0.6 is 22.6 Å². The maximum absolute atomic E-state index is 12.3. The van der Waals surface area contributed by atoms with Gasteiger partial charge in [0.1, 0.15) is 0 Å². The van der Waals surface area contributed by atoms with E-state index in [1.54, 1.807) is 0 Å². The minimum atomic E-state index is 0.0613. The molecule has 0 atom stereocenters. The summed E-state index contributed by atoms with van der Waals surface area (Å²) in [6.45, 7) is 3.86. The fourth-order valence-corrected chi connectivity index (χ4v) is 2.20. The predicted molar refractivity (Wildman–Crippen MR) is 81.4 cm³/mol. The van der Waals surface area contributed by atoms with Gasteiger partial charge in [0.05, 0.1) is 0 Å². The number of rotatable bonds is 4. The second-order valence-electron chi connectivity index (χ2n) is 3.46. The van der Waals surface area contributed by atoms with Gasteiger partial charge in [-0.2, -0.15) is 0 Å². The fraction of sp³-hybridized carbons (Fsp3) is 0.133. The van der Waals surface area contributed by atoms with Gasteiger partial charge in [-0.15, -0.1) is 0 Å². The number of benzene rings is 1. The standard InChI is InChI=1S/C15H15IO/c1-3-8-13(14(16)9-4-2)15(17)12-10-6-5-7-11-12/h3-11H,1-2H3/b8-3-,9-4-,14-13-. The van der Waals surface area contributed by atoms with E-state index in [9.17, 15) is 4.79 Å². The van der Waals surface area contributed by atoms with Crippen molar-refractivity contribution >= 4 is 28.4 Å². The Bertz CT molecular complexity index is 467. The van der Waals surface area contributed by atoms with Gasteiger partial charge in [0.15, 0.2) is 5.78 Å². The molecule has 2 heteroatoms. The third kappa shape index (κ3) is 3.97. The van der Waals surface area contributed by atoms with Crippen molar-refractivity contribution in [3.8, 4) is 0 Å². The average Bonchev–Trinajstić information content (AvgIpc) is 2.36. The first-order valence-electron chi connectivity index (χ1n) is 5.45. The summed E-state index contributed by atoms with van der Waals surface area (Å²) >= 11 is 2.19. The summed E-state index contributed by atoms with van der Waals surface area (Å²) in [6.07, 6.45) is 7.62. The van der Waals surface area contributed by atoms with Gasteiger partial charge in [0.2, 0.25) is 0 Å². The molecule has 88 valence electrons. The van der Waals surface area contributed by atoms with E-state index >= 15 is 0 Å². The molecule has 0 unspecified atom stereocenters. The Morgan fingerprint density at radius 2 is 1.65 bits per heavy atom. The van der Waals surface area contributed by atoms with Gasteiger partial charge in [-0.1, -0.05) is 54.6 Å². The van der Waals surface area contributed by atoms with Gasteiger partial charge in [-0.05, 0) is 36.4 Å². The monoisotopic (exact) mass is 338 g/mol. The van der Waals surface area contributed by atoms with Crippen LogP contribution in [0.4, 0.5) is 0 Å². The molecule has 0 aliphatic heterocycles. The smallest absolute Gasteiger partial charge is 0.194 e. The van der Waals surface area contributed by atoms with Crippen molar-refractivity contribution in [3.63, 3.8) is 0 Å². The van der Waals surface area contributed by atoms with Gasteiger partial charge in [0.25, 0.3) is 0 Å². The Balaban J connectivity index is 3.18. The zero-order valence-corrected chi connectivity index (χ0v) is 12.1. The molecule has 0 amide bonds. The maximum atomic E-state index is 12.3. The Morgan fingerprint density at radius 1 is 1.06 bits per heavy atom. The number of hydrogen-bond acceptors (Lipinski definition) is 1. The molecule has 1 rings (SSSR count). The van der Waals surface area contributed by atoms with Crippen LogP contribution in [0, 0.1) is 0 Å². The molecule has 0 aliphatic carbocycles. The van der Waals surface area contributed by atoms with E-state index in [0.717, 1.165) is 14.7 Å². The highest BCUT2D eigenvalue weighted by Gasteiger charge is 2.11. The fourth-order valence-electron chi connectivity index (χ4n) is 1.41. The van der Waals surface area contributed by atoms with Crippen molar-refractivity contribution in [2.75, 3.05) is 0 Å². The van der Waals surface area contributed by atoms with Crippen molar-refractivity contribution in [1.82, 2.24) is 0 Å². The highest BCUT2D eigenvalue weighted by Crippen LogP contribution is 2.20. The molecular formula is C15H15IO. The van der Waals surface area contributed by atoms with Crippen molar-refractivity contribution < 1.29 is 4.79 Å². The van der Waals surface area contributed by atoms with Crippen LogP contribution in [-0.2, 0) is 0 Å². The molecule has 0 aliphatic rings. The first kappa shape index (κ1) is 13.9. The number of ketones is 1. The summed E-state index contributed by atoms with van der Waals surface area (Å²) in [4.78, 5) is 12.3. The molecule has 0 N–H and O–H groups in total. The van der Waals surface area contributed by atoms with E-state index in [4.69, 9.17) is 0 Å². The normalized spacial score (nSPS) is 13.1. The van der Waals surface area contributed by atoms with Crippen molar-refractivity contribution in [2.45, 2.75) is 13.8 Å². The summed E-state index contributed by atoms with van der Waals surface area (Å²) in [6, 6.07) is 9.34. The quantitative estimate of drug-likeness (QED) is 0.336. The van der Waals surface area contributed by atoms with E-state index in [2.05, 4.69) is 22.6 Å². The summed E-state index contributed by atoms with van der Waals surface area (Å²) in [5.74, 6) is 0.0613. The molecule has 0 saturated carbocycles. The van der Waals surface area contributed by atoms with Crippen molar-refractivity contribution in [2.24, 2.45) is 0 Å². The molecule has 0 aromatic heterocycles. The van der Waals surface area contributed by atoms with Crippen molar-refractivity contribution in [1.29, 1.82) is 0 Å². The lowest BCUT2D eigenvalue weighted by Crippen LogP contribution is -2.02. The van der Waals surface area contributed by atoms with Crippen LogP contribution in [0.1, 0.15) is 24.2 Å². The van der Waals surface area contributed by atoms with Gasteiger partial charge in [-0.25, -0.2) is 0 Å². The largest absolute Gasteiger partial charge is 0.289 e. The number of Topliss-reactive ketones (excluding diaryl/α,β-unsaturated/α-hetero) is 1. The molecule has 0 bridgehead atoms. The zero-order valence-electron chi connectivity index (χ0n) is 9.98. The number of allylic oxidation sites excluding steroid dienone is 6. The SMILES string of the molecule is C\C=C/C(I)=C(\C=C/C)C(=O)c1ccccc1. The molecule has 1 nitrogen and oxygen atoms in total. The van der Waals surface area contributed by atoms with Gasteiger partial charge < -0.3 is 0 Å². The van der Waals surface area contributed by atoms with Gasteiger partial charge >= 0.3 is 0 Å². The third-order valence-corrected chi connectivity index (χ3v) is 3.12. The Kier molecular flexibility index (Phi) is 5.91. The molecule has 0 saturated heterocycles. The predicted octanol–water partition coefficient (Wildman–Crippen LogP) is 4.71. The molecule has 0 fully saturated rings. The number of hydrogen-bond donors (Lipinski definition) is 0. The lowest BCUT2D eigenvalue weighted by Gasteiger charge is -2.03. The first-order valence-corrected chi connectivity index (χ1v) is 6.53. The third-order valence-electron chi connectivity index (χ3n) is 2.18. The number of carbonyl (C=O) groups excluding carboxylic acids is 1. The first-order chi connectivity index (χ1) is 8.20. The van der Waals surface area contributed by atoms with E-state index in [1.807, 2.05) is 68.5 Å². The minimum Gasteiger partial charge on any atom is -0.289 e. The van der Waals surface area contributed by atoms with E-state index in [0.29, 0.717) is 0 Å². The van der Waals surface area contributed by atoms with E-state index in [-0.39, 0.29) is 5.78 Å². The summed E-state index contributed by atoms with van der Waals surface area (Å²) in [5.41, 5.74) is 1.46. The van der Waals surface area contributed by atoms with Crippen LogP contribution < -0.4 is 0 Å². The Hall–Kier alpha value is -1.16. The number of carbonyl (C=O) groups is 1. The highest BCUT2D eigenvalue weighted by molar-refractivity contribution is 14.1.